The standard InChI is InChI=1S/C24H32N4O5S/c1-4-33-20-6-8-21(9-7-20)34(31,32)28-13-11-19(12-14-28)24(30)27-26-23(29)16-25-22-10-5-17(2)15-18(22)3/h5-10,15,19,25H,4,11-14,16H2,1-3H3,(H,26,29)(H,27,30). The van der Waals surface area contributed by atoms with Crippen LogP contribution in [0.4, 0.5) is 5.69 Å². The topological polar surface area (TPSA) is 117 Å². The molecule has 0 spiro atoms. The monoisotopic (exact) mass is 488 g/mol. The first-order valence-electron chi connectivity index (χ1n) is 11.3. The van der Waals surface area contributed by atoms with Crippen LogP contribution in [0.2, 0.25) is 0 Å². The number of ether oxygens (including phenoxy) is 1. The Labute approximate surface area is 200 Å². The highest BCUT2D eigenvalue weighted by Gasteiger charge is 2.32. The molecule has 9 nitrogen and oxygen atoms in total. The zero-order valence-electron chi connectivity index (χ0n) is 19.8. The van der Waals surface area contributed by atoms with Crippen molar-refractivity contribution in [3.05, 3.63) is 53.6 Å². The fourth-order valence-corrected chi connectivity index (χ4v) is 5.32. The van der Waals surface area contributed by atoms with Crippen molar-refractivity contribution in [1.82, 2.24) is 15.2 Å². The van der Waals surface area contributed by atoms with Gasteiger partial charge in [-0.15, -0.1) is 0 Å². The summed E-state index contributed by atoms with van der Waals surface area (Å²) >= 11 is 0. The lowest BCUT2D eigenvalue weighted by atomic mass is 9.98. The van der Waals surface area contributed by atoms with Gasteiger partial charge in [0, 0.05) is 24.7 Å². The van der Waals surface area contributed by atoms with E-state index in [0.29, 0.717) is 25.2 Å². The van der Waals surface area contributed by atoms with Gasteiger partial charge in [-0.3, -0.25) is 20.4 Å². The maximum absolute atomic E-state index is 12.9. The number of amides is 2. The molecule has 0 aliphatic carbocycles. The first kappa shape index (κ1) is 25.5. The van der Waals surface area contributed by atoms with Crippen LogP contribution in [0.3, 0.4) is 0 Å². The number of benzene rings is 2. The molecule has 10 heteroatoms. The van der Waals surface area contributed by atoms with Gasteiger partial charge < -0.3 is 10.1 Å². The summed E-state index contributed by atoms with van der Waals surface area (Å²) < 4.78 is 32.5. The predicted octanol–water partition coefficient (Wildman–Crippen LogP) is 2.36. The Hall–Kier alpha value is -3.11. The van der Waals surface area contributed by atoms with Gasteiger partial charge in [0.25, 0.3) is 5.91 Å². The number of hydrogen-bond donors (Lipinski definition) is 3. The molecule has 0 radical (unpaired) electrons. The molecular formula is C24H32N4O5S. The molecule has 1 saturated heterocycles. The normalized spacial score (nSPS) is 14.9. The molecule has 1 aliphatic rings. The molecule has 184 valence electrons. The van der Waals surface area contributed by atoms with Gasteiger partial charge in [0.05, 0.1) is 18.0 Å². The van der Waals surface area contributed by atoms with Gasteiger partial charge in [0.15, 0.2) is 0 Å². The number of anilines is 1. The van der Waals surface area contributed by atoms with Crippen LogP contribution in [-0.2, 0) is 19.6 Å². The number of hydrogen-bond acceptors (Lipinski definition) is 6. The van der Waals surface area contributed by atoms with Crippen LogP contribution >= 0.6 is 0 Å². The third-order valence-electron chi connectivity index (χ3n) is 5.74. The van der Waals surface area contributed by atoms with Gasteiger partial charge in [-0.1, -0.05) is 17.7 Å². The summed E-state index contributed by atoms with van der Waals surface area (Å²) in [5.74, 6) is -0.454. The number of carbonyl (C=O) groups excluding carboxylic acids is 2. The van der Waals surface area contributed by atoms with E-state index in [-0.39, 0.29) is 42.3 Å². The predicted molar refractivity (Wildman–Crippen MR) is 130 cm³/mol. The molecule has 1 aliphatic heterocycles. The Morgan fingerprint density at radius 1 is 1.03 bits per heavy atom. The quantitative estimate of drug-likeness (QED) is 0.491. The highest BCUT2D eigenvalue weighted by molar-refractivity contribution is 7.89. The van der Waals surface area contributed by atoms with E-state index in [1.165, 1.54) is 16.4 Å². The molecule has 0 saturated carbocycles. The number of sulfonamides is 1. The molecule has 0 aromatic heterocycles. The number of hydrazine groups is 1. The summed E-state index contributed by atoms with van der Waals surface area (Å²) in [6.45, 7) is 6.80. The number of carbonyl (C=O) groups is 2. The maximum Gasteiger partial charge on any atom is 0.257 e. The fourth-order valence-electron chi connectivity index (χ4n) is 3.85. The van der Waals surface area contributed by atoms with E-state index in [9.17, 15) is 18.0 Å². The zero-order chi connectivity index (χ0) is 24.7. The summed E-state index contributed by atoms with van der Waals surface area (Å²) in [5.41, 5.74) is 7.90. The number of aryl methyl sites for hydroxylation is 2. The van der Waals surface area contributed by atoms with Crippen LogP contribution in [-0.4, -0.2) is 50.8 Å². The molecule has 2 amide bonds. The lowest BCUT2D eigenvalue weighted by Gasteiger charge is -2.30. The minimum atomic E-state index is -3.64. The average molecular weight is 489 g/mol. The van der Waals surface area contributed by atoms with E-state index in [1.807, 2.05) is 39.0 Å². The largest absolute Gasteiger partial charge is 0.494 e. The van der Waals surface area contributed by atoms with Crippen molar-refractivity contribution < 1.29 is 22.7 Å². The second kappa shape index (κ2) is 11.3. The van der Waals surface area contributed by atoms with Crippen molar-refractivity contribution in [3.8, 4) is 5.75 Å². The smallest absolute Gasteiger partial charge is 0.257 e. The lowest BCUT2D eigenvalue weighted by Crippen LogP contribution is -2.49. The van der Waals surface area contributed by atoms with E-state index < -0.39 is 10.0 Å². The molecule has 2 aromatic rings. The first-order chi connectivity index (χ1) is 16.2. The van der Waals surface area contributed by atoms with E-state index in [1.54, 1.807) is 12.1 Å². The Morgan fingerprint density at radius 3 is 2.32 bits per heavy atom. The summed E-state index contributed by atoms with van der Waals surface area (Å²) in [6.07, 6.45) is 0.748. The maximum atomic E-state index is 12.9. The van der Waals surface area contributed by atoms with Crippen molar-refractivity contribution in [2.24, 2.45) is 5.92 Å². The molecule has 3 N–H and O–H groups in total. The molecular weight excluding hydrogens is 456 g/mol. The third kappa shape index (κ3) is 6.48. The average Bonchev–Trinajstić information content (AvgIpc) is 2.82. The molecule has 0 unspecified atom stereocenters. The Bertz CT molecular complexity index is 1110. The second-order valence-corrected chi connectivity index (χ2v) is 10.2. The van der Waals surface area contributed by atoms with E-state index in [4.69, 9.17) is 4.74 Å². The van der Waals surface area contributed by atoms with Crippen LogP contribution in [0.15, 0.2) is 47.4 Å². The Balaban J connectivity index is 1.44. The van der Waals surface area contributed by atoms with Crippen LogP contribution in [0.25, 0.3) is 0 Å². The van der Waals surface area contributed by atoms with Crippen LogP contribution in [0.5, 0.6) is 5.75 Å². The number of nitrogens with one attached hydrogen (secondary N) is 3. The molecule has 34 heavy (non-hydrogen) atoms. The van der Waals surface area contributed by atoms with Gasteiger partial charge in [-0.2, -0.15) is 4.31 Å². The summed E-state index contributed by atoms with van der Waals surface area (Å²) in [6, 6.07) is 12.2. The summed E-state index contributed by atoms with van der Waals surface area (Å²) in [5, 5.41) is 3.05. The molecule has 1 fully saturated rings. The van der Waals surface area contributed by atoms with Crippen molar-refractivity contribution in [1.29, 1.82) is 0 Å². The van der Waals surface area contributed by atoms with Gasteiger partial charge in [0.2, 0.25) is 15.9 Å². The third-order valence-corrected chi connectivity index (χ3v) is 7.66. The van der Waals surface area contributed by atoms with Gasteiger partial charge in [0.1, 0.15) is 5.75 Å². The summed E-state index contributed by atoms with van der Waals surface area (Å²) in [7, 11) is -3.64. The summed E-state index contributed by atoms with van der Waals surface area (Å²) in [4.78, 5) is 24.8. The highest BCUT2D eigenvalue weighted by atomic mass is 32.2. The molecule has 2 aromatic carbocycles. The van der Waals surface area contributed by atoms with Gasteiger partial charge in [-0.05, 0) is 69.5 Å². The lowest BCUT2D eigenvalue weighted by molar-refractivity contribution is -0.131. The second-order valence-electron chi connectivity index (χ2n) is 8.29. The van der Waals surface area contributed by atoms with Crippen molar-refractivity contribution in [3.63, 3.8) is 0 Å². The minimum absolute atomic E-state index is 0.0168. The van der Waals surface area contributed by atoms with Crippen molar-refractivity contribution >= 4 is 27.5 Å². The van der Waals surface area contributed by atoms with Crippen molar-refractivity contribution in [2.45, 2.75) is 38.5 Å². The van der Waals surface area contributed by atoms with Crippen molar-refractivity contribution in [2.75, 3.05) is 31.6 Å². The Morgan fingerprint density at radius 2 is 1.71 bits per heavy atom. The van der Waals surface area contributed by atoms with E-state index in [2.05, 4.69) is 16.2 Å². The van der Waals surface area contributed by atoms with E-state index >= 15 is 0 Å². The molecule has 0 atom stereocenters. The molecule has 0 bridgehead atoms. The van der Waals surface area contributed by atoms with Crippen LogP contribution < -0.4 is 20.9 Å². The number of rotatable bonds is 8. The molecule has 3 rings (SSSR count). The number of piperidine rings is 1. The fraction of sp³-hybridized carbons (Fsp3) is 0.417. The number of nitrogens with zero attached hydrogens (tertiary/aromatic N) is 1. The minimum Gasteiger partial charge on any atom is -0.494 e. The SMILES string of the molecule is CCOc1ccc(S(=O)(=O)N2CCC(C(=O)NNC(=O)CNc3ccc(C)cc3C)CC2)cc1. The first-order valence-corrected chi connectivity index (χ1v) is 12.8. The van der Waals surface area contributed by atoms with Gasteiger partial charge >= 0.3 is 0 Å². The Kier molecular flexibility index (Phi) is 8.51. The van der Waals surface area contributed by atoms with E-state index in [0.717, 1.165) is 16.8 Å². The zero-order valence-corrected chi connectivity index (χ0v) is 20.6. The highest BCUT2D eigenvalue weighted by Crippen LogP contribution is 2.25. The van der Waals surface area contributed by atoms with Crippen LogP contribution in [0, 0.1) is 19.8 Å². The van der Waals surface area contributed by atoms with Gasteiger partial charge in [-0.25, -0.2) is 8.42 Å². The van der Waals surface area contributed by atoms with Crippen LogP contribution in [0.1, 0.15) is 30.9 Å². The molecule has 1 heterocycles.